The van der Waals surface area contributed by atoms with E-state index in [9.17, 15) is 4.79 Å². The molecule has 3 saturated carbocycles. The molecule has 2 nitrogen and oxygen atoms in total. The van der Waals surface area contributed by atoms with E-state index in [0.717, 1.165) is 36.6 Å². The minimum absolute atomic E-state index is 0.323. The normalized spacial score (nSPS) is 44.9. The molecule has 3 aliphatic carbocycles. The average Bonchev–Trinajstić information content (AvgIpc) is 2.68. The van der Waals surface area contributed by atoms with E-state index < -0.39 is 0 Å². The predicted molar refractivity (Wildman–Crippen MR) is 59.1 cm³/mol. The van der Waals surface area contributed by atoms with Crippen molar-refractivity contribution in [3.63, 3.8) is 0 Å². The molecular formula is C13H19NO. The fourth-order valence-corrected chi connectivity index (χ4v) is 4.09. The zero-order valence-corrected chi connectivity index (χ0v) is 9.11. The Morgan fingerprint density at radius 2 is 2.00 bits per heavy atom. The molecule has 4 unspecified atom stereocenters. The third kappa shape index (κ3) is 1.34. The summed E-state index contributed by atoms with van der Waals surface area (Å²) >= 11 is 0. The SMILES string of the molecule is C=CCCNC(=O)C1C2C3CCC(C3)C12. The fraction of sp³-hybridized carbons (Fsp3) is 0.769. The highest BCUT2D eigenvalue weighted by molar-refractivity contribution is 5.82. The minimum Gasteiger partial charge on any atom is -0.356 e. The summed E-state index contributed by atoms with van der Waals surface area (Å²) in [5.74, 6) is 4.05. The van der Waals surface area contributed by atoms with Crippen molar-refractivity contribution in [2.75, 3.05) is 6.54 Å². The van der Waals surface area contributed by atoms with E-state index in [1.807, 2.05) is 6.08 Å². The smallest absolute Gasteiger partial charge is 0.223 e. The number of amides is 1. The summed E-state index contributed by atoms with van der Waals surface area (Å²) in [6.45, 7) is 4.43. The van der Waals surface area contributed by atoms with Crippen molar-refractivity contribution in [1.82, 2.24) is 5.32 Å². The van der Waals surface area contributed by atoms with Gasteiger partial charge in [-0.2, -0.15) is 0 Å². The Labute approximate surface area is 91.1 Å². The molecule has 4 atom stereocenters. The lowest BCUT2D eigenvalue weighted by Crippen LogP contribution is -2.28. The standard InChI is InChI=1S/C13H19NO/c1-2-3-6-14-13(15)12-10-8-4-5-9(7-8)11(10)12/h2,8-12H,1,3-7H2,(H,14,15). The Morgan fingerprint density at radius 3 is 2.60 bits per heavy atom. The van der Waals surface area contributed by atoms with Crippen LogP contribution in [0.2, 0.25) is 0 Å². The van der Waals surface area contributed by atoms with Crippen molar-refractivity contribution in [3.8, 4) is 0 Å². The number of carbonyl (C=O) groups is 1. The molecular weight excluding hydrogens is 186 g/mol. The van der Waals surface area contributed by atoms with Crippen LogP contribution < -0.4 is 5.32 Å². The van der Waals surface area contributed by atoms with Crippen LogP contribution in [0.5, 0.6) is 0 Å². The maximum Gasteiger partial charge on any atom is 0.223 e. The van der Waals surface area contributed by atoms with Crippen LogP contribution in [-0.2, 0) is 4.79 Å². The third-order valence-electron chi connectivity index (χ3n) is 4.69. The first kappa shape index (κ1) is 9.44. The largest absolute Gasteiger partial charge is 0.356 e. The molecule has 0 aromatic rings. The van der Waals surface area contributed by atoms with Gasteiger partial charge in [-0.05, 0) is 49.4 Å². The lowest BCUT2D eigenvalue weighted by Gasteiger charge is -2.08. The molecule has 3 rings (SSSR count). The molecule has 1 N–H and O–H groups in total. The third-order valence-corrected chi connectivity index (χ3v) is 4.69. The average molecular weight is 205 g/mol. The van der Waals surface area contributed by atoms with Crippen LogP contribution in [0.25, 0.3) is 0 Å². The molecule has 1 amide bonds. The molecule has 0 aliphatic heterocycles. The minimum atomic E-state index is 0.323. The molecule has 15 heavy (non-hydrogen) atoms. The van der Waals surface area contributed by atoms with Crippen molar-refractivity contribution >= 4 is 5.91 Å². The molecule has 2 bridgehead atoms. The lowest BCUT2D eigenvalue weighted by molar-refractivity contribution is -0.123. The van der Waals surface area contributed by atoms with Gasteiger partial charge >= 0.3 is 0 Å². The number of hydrogen-bond acceptors (Lipinski definition) is 1. The second-order valence-corrected chi connectivity index (χ2v) is 5.38. The molecule has 0 saturated heterocycles. The van der Waals surface area contributed by atoms with Gasteiger partial charge in [0.15, 0.2) is 0 Å². The molecule has 82 valence electrons. The second-order valence-electron chi connectivity index (χ2n) is 5.38. The quantitative estimate of drug-likeness (QED) is 0.552. The number of hydrogen-bond donors (Lipinski definition) is 1. The van der Waals surface area contributed by atoms with E-state index in [1.54, 1.807) is 0 Å². The topological polar surface area (TPSA) is 29.1 Å². The first-order chi connectivity index (χ1) is 7.33. The van der Waals surface area contributed by atoms with E-state index >= 15 is 0 Å². The van der Waals surface area contributed by atoms with Gasteiger partial charge in [0, 0.05) is 12.5 Å². The van der Waals surface area contributed by atoms with Crippen LogP contribution in [0.15, 0.2) is 12.7 Å². The van der Waals surface area contributed by atoms with Crippen LogP contribution in [0.3, 0.4) is 0 Å². The van der Waals surface area contributed by atoms with Crippen LogP contribution in [0.1, 0.15) is 25.7 Å². The summed E-state index contributed by atoms with van der Waals surface area (Å²) in [6, 6.07) is 0. The van der Waals surface area contributed by atoms with Crippen molar-refractivity contribution in [2.24, 2.45) is 29.6 Å². The zero-order valence-electron chi connectivity index (χ0n) is 9.11. The molecule has 3 fully saturated rings. The van der Waals surface area contributed by atoms with Gasteiger partial charge in [-0.25, -0.2) is 0 Å². The molecule has 2 heteroatoms. The van der Waals surface area contributed by atoms with E-state index in [-0.39, 0.29) is 0 Å². The van der Waals surface area contributed by atoms with Crippen LogP contribution in [0, 0.1) is 29.6 Å². The molecule has 0 aromatic carbocycles. The van der Waals surface area contributed by atoms with Gasteiger partial charge in [0.2, 0.25) is 5.91 Å². The number of nitrogens with one attached hydrogen (secondary N) is 1. The predicted octanol–water partition coefficient (Wildman–Crippen LogP) is 1.97. The van der Waals surface area contributed by atoms with Crippen LogP contribution in [0.4, 0.5) is 0 Å². The van der Waals surface area contributed by atoms with Crippen LogP contribution >= 0.6 is 0 Å². The highest BCUT2D eigenvalue weighted by Gasteiger charge is 2.67. The van der Waals surface area contributed by atoms with E-state index in [2.05, 4.69) is 11.9 Å². The van der Waals surface area contributed by atoms with Gasteiger partial charge in [0.1, 0.15) is 0 Å². The monoisotopic (exact) mass is 205 g/mol. The van der Waals surface area contributed by atoms with Crippen molar-refractivity contribution in [2.45, 2.75) is 25.7 Å². The van der Waals surface area contributed by atoms with Gasteiger partial charge < -0.3 is 5.32 Å². The van der Waals surface area contributed by atoms with Gasteiger partial charge in [-0.15, -0.1) is 6.58 Å². The maximum absolute atomic E-state index is 11.9. The molecule has 0 radical (unpaired) electrons. The van der Waals surface area contributed by atoms with Gasteiger partial charge in [-0.3, -0.25) is 4.79 Å². The van der Waals surface area contributed by atoms with Gasteiger partial charge in [-0.1, -0.05) is 6.08 Å². The molecule has 3 aliphatic rings. The summed E-state index contributed by atoms with van der Waals surface area (Å²) in [6.07, 6.45) is 6.95. The Balaban J connectivity index is 1.54. The van der Waals surface area contributed by atoms with Crippen molar-refractivity contribution < 1.29 is 4.79 Å². The van der Waals surface area contributed by atoms with E-state index in [1.165, 1.54) is 19.3 Å². The summed E-state index contributed by atoms with van der Waals surface area (Å²) in [7, 11) is 0. The van der Waals surface area contributed by atoms with E-state index in [0.29, 0.717) is 11.8 Å². The van der Waals surface area contributed by atoms with Gasteiger partial charge in [0.05, 0.1) is 0 Å². The first-order valence-electron chi connectivity index (χ1n) is 6.21. The Kier molecular flexibility index (Phi) is 2.11. The summed E-state index contributed by atoms with van der Waals surface area (Å²) in [5, 5.41) is 3.03. The number of fused-ring (bicyclic) bond motifs is 5. The lowest BCUT2D eigenvalue weighted by atomic mass is 10.0. The number of rotatable bonds is 4. The maximum atomic E-state index is 11.9. The first-order valence-corrected chi connectivity index (χ1v) is 6.21. The number of carbonyl (C=O) groups excluding carboxylic acids is 1. The Morgan fingerprint density at radius 1 is 1.33 bits per heavy atom. The highest BCUT2D eigenvalue weighted by atomic mass is 16.2. The Hall–Kier alpha value is -0.790. The molecule has 0 heterocycles. The Bertz CT molecular complexity index is 283. The molecule has 0 aromatic heterocycles. The van der Waals surface area contributed by atoms with E-state index in [4.69, 9.17) is 0 Å². The fourth-order valence-electron chi connectivity index (χ4n) is 4.09. The van der Waals surface area contributed by atoms with Gasteiger partial charge in [0.25, 0.3) is 0 Å². The van der Waals surface area contributed by atoms with Crippen molar-refractivity contribution in [1.29, 1.82) is 0 Å². The molecule has 0 spiro atoms. The highest BCUT2D eigenvalue weighted by Crippen LogP contribution is 2.69. The summed E-state index contributed by atoms with van der Waals surface area (Å²) in [4.78, 5) is 11.9. The summed E-state index contributed by atoms with van der Waals surface area (Å²) < 4.78 is 0. The van der Waals surface area contributed by atoms with Crippen molar-refractivity contribution in [3.05, 3.63) is 12.7 Å². The zero-order chi connectivity index (χ0) is 10.4. The second kappa shape index (κ2) is 3.36. The summed E-state index contributed by atoms with van der Waals surface area (Å²) in [5.41, 5.74) is 0. The van der Waals surface area contributed by atoms with Crippen LogP contribution in [-0.4, -0.2) is 12.5 Å².